The van der Waals surface area contributed by atoms with E-state index in [-0.39, 0.29) is 5.78 Å². The summed E-state index contributed by atoms with van der Waals surface area (Å²) in [5.74, 6) is 0.225. The third-order valence-corrected chi connectivity index (χ3v) is 3.51. The van der Waals surface area contributed by atoms with E-state index in [1.807, 2.05) is 0 Å². The highest BCUT2D eigenvalue weighted by atomic mass is 28.3. The van der Waals surface area contributed by atoms with Crippen molar-refractivity contribution in [2.45, 2.75) is 39.0 Å². The summed E-state index contributed by atoms with van der Waals surface area (Å²) in [4.78, 5) is 10.5. The predicted octanol–water partition coefficient (Wildman–Crippen LogP) is 1.89. The molecule has 0 unspecified atom stereocenters. The van der Waals surface area contributed by atoms with Gasteiger partial charge in [0.2, 0.25) is 0 Å². The fourth-order valence-electron chi connectivity index (χ4n) is 1.01. The lowest BCUT2D eigenvalue weighted by atomic mass is 10.4. The molecule has 0 aliphatic rings. The quantitative estimate of drug-likeness (QED) is 0.508. The number of Topliss-reactive ketones (excluding diaryl/α,β-unsaturated/α-hetero) is 1. The molecule has 0 rings (SSSR count). The molecule has 0 saturated heterocycles. The second-order valence-electron chi connectivity index (χ2n) is 4.54. The van der Waals surface area contributed by atoms with Gasteiger partial charge in [-0.15, -0.1) is 0 Å². The van der Waals surface area contributed by atoms with Crippen LogP contribution in [-0.4, -0.2) is 26.9 Å². The molecule has 0 bridgehead atoms. The van der Waals surface area contributed by atoms with Crippen molar-refractivity contribution in [2.75, 3.05) is 13.1 Å². The van der Waals surface area contributed by atoms with Crippen LogP contribution in [0.2, 0.25) is 25.7 Å². The molecule has 0 heterocycles. The molecule has 0 aromatic heterocycles. The van der Waals surface area contributed by atoms with Gasteiger partial charge in [0.05, 0.1) is 6.54 Å². The van der Waals surface area contributed by atoms with Crippen molar-refractivity contribution in [1.29, 1.82) is 0 Å². The Hall–Kier alpha value is -0.153. The van der Waals surface area contributed by atoms with E-state index in [0.29, 0.717) is 6.54 Å². The molecule has 0 saturated carbocycles. The smallest absolute Gasteiger partial charge is 0.143 e. The van der Waals surface area contributed by atoms with Gasteiger partial charge in [-0.3, -0.25) is 4.79 Å². The fourth-order valence-corrected chi connectivity index (χ4v) is 2.25. The average molecular weight is 187 g/mol. The van der Waals surface area contributed by atoms with E-state index in [9.17, 15) is 4.79 Å². The van der Waals surface area contributed by atoms with E-state index in [2.05, 4.69) is 25.0 Å². The Balaban J connectivity index is 3.17. The molecule has 0 fully saturated rings. The van der Waals surface area contributed by atoms with E-state index in [1.54, 1.807) is 6.92 Å². The lowest BCUT2D eigenvalue weighted by molar-refractivity contribution is -0.116. The van der Waals surface area contributed by atoms with Gasteiger partial charge >= 0.3 is 0 Å². The van der Waals surface area contributed by atoms with Crippen molar-refractivity contribution >= 4 is 13.9 Å². The maximum Gasteiger partial charge on any atom is 0.143 e. The van der Waals surface area contributed by atoms with Gasteiger partial charge in [0.25, 0.3) is 0 Å². The minimum atomic E-state index is -0.859. The Labute approximate surface area is 76.8 Å². The van der Waals surface area contributed by atoms with Crippen molar-refractivity contribution in [1.82, 2.24) is 5.32 Å². The molecule has 2 nitrogen and oxygen atoms in total. The molecule has 0 amide bonds. The molecule has 0 aliphatic carbocycles. The molecule has 12 heavy (non-hydrogen) atoms. The maximum atomic E-state index is 10.5. The normalized spacial score (nSPS) is 11.7. The first kappa shape index (κ1) is 11.8. The molecule has 0 aromatic carbocycles. The summed E-state index contributed by atoms with van der Waals surface area (Å²) >= 11 is 0. The summed E-state index contributed by atoms with van der Waals surface area (Å²) in [7, 11) is -0.859. The molecule has 0 spiro atoms. The average Bonchev–Trinajstić information content (AvgIpc) is 1.83. The fraction of sp³-hybridized carbons (Fsp3) is 0.889. The highest BCUT2D eigenvalue weighted by Crippen LogP contribution is 2.09. The van der Waals surface area contributed by atoms with Crippen molar-refractivity contribution in [3.8, 4) is 0 Å². The van der Waals surface area contributed by atoms with Crippen LogP contribution in [0, 0.1) is 0 Å². The van der Waals surface area contributed by atoms with Gasteiger partial charge in [-0.25, -0.2) is 0 Å². The van der Waals surface area contributed by atoms with Crippen molar-refractivity contribution in [3.63, 3.8) is 0 Å². The van der Waals surface area contributed by atoms with E-state index < -0.39 is 8.07 Å². The van der Waals surface area contributed by atoms with Crippen molar-refractivity contribution in [2.24, 2.45) is 0 Å². The maximum absolute atomic E-state index is 10.5. The van der Waals surface area contributed by atoms with Crippen LogP contribution >= 0.6 is 0 Å². The summed E-state index contributed by atoms with van der Waals surface area (Å²) in [6.45, 7) is 10.3. The van der Waals surface area contributed by atoms with Crippen LogP contribution < -0.4 is 5.32 Å². The predicted molar refractivity (Wildman–Crippen MR) is 56.3 cm³/mol. The number of rotatable bonds is 6. The van der Waals surface area contributed by atoms with E-state index in [4.69, 9.17) is 0 Å². The first-order chi connectivity index (χ1) is 5.42. The van der Waals surface area contributed by atoms with Crippen LogP contribution in [0.15, 0.2) is 0 Å². The second kappa shape index (κ2) is 5.49. The van der Waals surface area contributed by atoms with Gasteiger partial charge in [-0.05, 0) is 19.9 Å². The molecular weight excluding hydrogens is 166 g/mol. The monoisotopic (exact) mass is 187 g/mol. The molecular formula is C9H21NOSi. The summed E-state index contributed by atoms with van der Waals surface area (Å²) in [5.41, 5.74) is 0. The van der Waals surface area contributed by atoms with Gasteiger partial charge in [-0.1, -0.05) is 25.7 Å². The van der Waals surface area contributed by atoms with Gasteiger partial charge in [0.1, 0.15) is 5.78 Å². The summed E-state index contributed by atoms with van der Waals surface area (Å²) in [5, 5.41) is 3.13. The van der Waals surface area contributed by atoms with Crippen LogP contribution in [0.25, 0.3) is 0 Å². The Kier molecular flexibility index (Phi) is 5.42. The molecule has 0 atom stereocenters. The van der Waals surface area contributed by atoms with Gasteiger partial charge in [-0.2, -0.15) is 0 Å². The number of hydrogen-bond donors (Lipinski definition) is 1. The second-order valence-corrected chi connectivity index (χ2v) is 10.2. The Morgan fingerprint density at radius 2 is 1.92 bits per heavy atom. The van der Waals surface area contributed by atoms with E-state index in [1.165, 1.54) is 12.5 Å². The van der Waals surface area contributed by atoms with Gasteiger partial charge in [0.15, 0.2) is 0 Å². The number of ketones is 1. The van der Waals surface area contributed by atoms with Crippen molar-refractivity contribution in [3.05, 3.63) is 0 Å². The Bertz CT molecular complexity index is 140. The molecule has 0 radical (unpaired) electrons. The van der Waals surface area contributed by atoms with Gasteiger partial charge < -0.3 is 5.32 Å². The first-order valence-electron chi connectivity index (χ1n) is 4.62. The number of hydrogen-bond acceptors (Lipinski definition) is 2. The minimum Gasteiger partial charge on any atom is -0.310 e. The highest BCUT2D eigenvalue weighted by Gasteiger charge is 2.11. The first-order valence-corrected chi connectivity index (χ1v) is 8.33. The highest BCUT2D eigenvalue weighted by molar-refractivity contribution is 6.76. The van der Waals surface area contributed by atoms with Crippen LogP contribution in [-0.2, 0) is 4.79 Å². The molecule has 3 heteroatoms. The Morgan fingerprint density at radius 1 is 1.33 bits per heavy atom. The van der Waals surface area contributed by atoms with Crippen LogP contribution in [0.5, 0.6) is 0 Å². The molecule has 0 aromatic rings. The largest absolute Gasteiger partial charge is 0.310 e. The summed E-state index contributed by atoms with van der Waals surface area (Å²) in [6, 6.07) is 1.35. The zero-order valence-electron chi connectivity index (χ0n) is 8.74. The number of carbonyl (C=O) groups is 1. The number of nitrogens with one attached hydrogen (secondary N) is 1. The van der Waals surface area contributed by atoms with Crippen LogP contribution in [0.4, 0.5) is 0 Å². The SMILES string of the molecule is CC(=O)CNCCC[Si](C)(C)C. The zero-order valence-corrected chi connectivity index (χ0v) is 9.74. The topological polar surface area (TPSA) is 29.1 Å². The minimum absolute atomic E-state index is 0.225. The third-order valence-electron chi connectivity index (χ3n) is 1.65. The lowest BCUT2D eigenvalue weighted by Crippen LogP contribution is -2.25. The van der Waals surface area contributed by atoms with Crippen LogP contribution in [0.3, 0.4) is 0 Å². The van der Waals surface area contributed by atoms with Crippen LogP contribution in [0.1, 0.15) is 13.3 Å². The standard InChI is InChI=1S/C9H21NOSi/c1-9(11)8-10-6-5-7-12(2,3)4/h10H,5-8H2,1-4H3. The molecule has 0 aliphatic heterocycles. The zero-order chi connectivity index (χ0) is 9.61. The van der Waals surface area contributed by atoms with E-state index >= 15 is 0 Å². The molecule has 72 valence electrons. The van der Waals surface area contributed by atoms with E-state index in [0.717, 1.165) is 6.54 Å². The number of carbonyl (C=O) groups excluding carboxylic acids is 1. The molecule has 1 N–H and O–H groups in total. The summed E-state index contributed by atoms with van der Waals surface area (Å²) < 4.78 is 0. The lowest BCUT2D eigenvalue weighted by Gasteiger charge is -2.14. The van der Waals surface area contributed by atoms with Crippen molar-refractivity contribution < 1.29 is 4.79 Å². The van der Waals surface area contributed by atoms with Gasteiger partial charge in [0, 0.05) is 8.07 Å². The third kappa shape index (κ3) is 9.85. The summed E-state index contributed by atoms with van der Waals surface area (Å²) in [6.07, 6.45) is 1.21. The Morgan fingerprint density at radius 3 is 2.33 bits per heavy atom.